The second kappa shape index (κ2) is 2.03. The van der Waals surface area contributed by atoms with Crippen molar-refractivity contribution >= 4 is 6.72 Å². The Balaban J connectivity index is 4.32. The highest BCUT2D eigenvalue weighted by atomic mass is 15.3. The van der Waals surface area contributed by atoms with Gasteiger partial charge in [0.15, 0.2) is 5.79 Å². The molecule has 0 aromatic heterocycles. The highest BCUT2D eigenvalue weighted by molar-refractivity contribution is 5.26. The average molecular weight is 131 g/mol. The van der Waals surface area contributed by atoms with Crippen LogP contribution >= 0.6 is 0 Å². The Bertz CT molecular complexity index is 111. The second-order valence-corrected chi connectivity index (χ2v) is 2.24. The summed E-state index contributed by atoms with van der Waals surface area (Å²) in [5, 5.41) is 0. The molecule has 0 bridgehead atoms. The van der Waals surface area contributed by atoms with Crippen LogP contribution in [0.3, 0.4) is 0 Å². The first kappa shape index (κ1) is 8.51. The SMILES string of the molecule is C=NC(C)(N)C(N)(N)N. The van der Waals surface area contributed by atoms with E-state index >= 15 is 0 Å². The molecule has 0 aliphatic rings. The van der Waals surface area contributed by atoms with Gasteiger partial charge in [0.05, 0.1) is 0 Å². The summed E-state index contributed by atoms with van der Waals surface area (Å²) in [6.45, 7) is 4.68. The maximum Gasteiger partial charge on any atom is 0.155 e. The van der Waals surface area contributed by atoms with Crippen LogP contribution in [-0.4, -0.2) is 18.2 Å². The lowest BCUT2D eigenvalue weighted by Crippen LogP contribution is -2.74. The molecular formula is C4H13N5. The first-order valence-corrected chi connectivity index (χ1v) is 2.44. The Morgan fingerprint density at radius 3 is 1.56 bits per heavy atom. The maximum atomic E-state index is 5.39. The first-order valence-electron chi connectivity index (χ1n) is 2.44. The van der Waals surface area contributed by atoms with E-state index in [2.05, 4.69) is 11.7 Å². The maximum absolute atomic E-state index is 5.39. The molecule has 0 aliphatic carbocycles. The largest absolute Gasteiger partial charge is 0.304 e. The molecule has 0 spiro atoms. The number of rotatable bonds is 2. The topological polar surface area (TPSA) is 116 Å². The van der Waals surface area contributed by atoms with E-state index in [0.717, 1.165) is 0 Å². The van der Waals surface area contributed by atoms with Crippen LogP contribution in [-0.2, 0) is 0 Å². The van der Waals surface area contributed by atoms with Gasteiger partial charge in [-0.1, -0.05) is 0 Å². The summed E-state index contributed by atoms with van der Waals surface area (Å²) in [5.41, 5.74) is 19.9. The van der Waals surface area contributed by atoms with Crippen molar-refractivity contribution < 1.29 is 0 Å². The highest BCUT2D eigenvalue weighted by Gasteiger charge is 2.34. The van der Waals surface area contributed by atoms with Crippen molar-refractivity contribution in [3.05, 3.63) is 0 Å². The predicted molar refractivity (Wildman–Crippen MR) is 37.4 cm³/mol. The van der Waals surface area contributed by atoms with E-state index in [1.165, 1.54) is 6.92 Å². The summed E-state index contributed by atoms with van der Waals surface area (Å²) >= 11 is 0. The molecule has 54 valence electrons. The van der Waals surface area contributed by atoms with Gasteiger partial charge in [-0.3, -0.25) is 22.2 Å². The van der Waals surface area contributed by atoms with Gasteiger partial charge in [0.25, 0.3) is 0 Å². The predicted octanol–water partition coefficient (Wildman–Crippen LogP) is -2.11. The van der Waals surface area contributed by atoms with Crippen molar-refractivity contribution in [3.8, 4) is 0 Å². The molecule has 5 heteroatoms. The molecule has 9 heavy (non-hydrogen) atoms. The van der Waals surface area contributed by atoms with Crippen molar-refractivity contribution in [2.45, 2.75) is 18.4 Å². The summed E-state index contributed by atoms with van der Waals surface area (Å²) in [6, 6.07) is 0. The van der Waals surface area contributed by atoms with Gasteiger partial charge in [-0.05, 0) is 13.6 Å². The van der Waals surface area contributed by atoms with Crippen LogP contribution in [0.4, 0.5) is 0 Å². The molecular weight excluding hydrogens is 118 g/mol. The molecule has 0 radical (unpaired) electrons. The Morgan fingerprint density at radius 1 is 1.22 bits per heavy atom. The van der Waals surface area contributed by atoms with Crippen LogP contribution in [0.25, 0.3) is 0 Å². The molecule has 8 N–H and O–H groups in total. The van der Waals surface area contributed by atoms with Gasteiger partial charge in [0.1, 0.15) is 5.66 Å². The van der Waals surface area contributed by atoms with Gasteiger partial charge in [0.2, 0.25) is 0 Å². The van der Waals surface area contributed by atoms with Crippen LogP contribution in [0.5, 0.6) is 0 Å². The zero-order chi connectivity index (χ0) is 7.71. The summed E-state index contributed by atoms with van der Waals surface area (Å²) in [6.07, 6.45) is 0. The molecule has 0 aromatic rings. The van der Waals surface area contributed by atoms with E-state index in [4.69, 9.17) is 22.9 Å². The summed E-state index contributed by atoms with van der Waals surface area (Å²) in [7, 11) is 0. The second-order valence-electron chi connectivity index (χ2n) is 2.24. The van der Waals surface area contributed by atoms with Crippen molar-refractivity contribution in [1.29, 1.82) is 0 Å². The Kier molecular flexibility index (Phi) is 1.92. The standard InChI is InChI=1S/C4H13N5/c1-3(5,9-2)4(6,7)8/h2,5-8H2,1H3. The van der Waals surface area contributed by atoms with Crippen molar-refractivity contribution in [1.82, 2.24) is 0 Å². The Hall–Kier alpha value is -0.490. The summed E-state index contributed by atoms with van der Waals surface area (Å²) in [5.74, 6) is -1.51. The van der Waals surface area contributed by atoms with E-state index < -0.39 is 11.4 Å². The van der Waals surface area contributed by atoms with Gasteiger partial charge in [0, 0.05) is 0 Å². The van der Waals surface area contributed by atoms with Crippen molar-refractivity contribution in [2.75, 3.05) is 0 Å². The fraction of sp³-hybridized carbons (Fsp3) is 0.750. The Labute approximate surface area is 54.1 Å². The Morgan fingerprint density at radius 2 is 1.56 bits per heavy atom. The molecule has 1 unspecified atom stereocenters. The minimum Gasteiger partial charge on any atom is -0.304 e. The molecule has 0 saturated carbocycles. The van der Waals surface area contributed by atoms with Crippen molar-refractivity contribution in [3.63, 3.8) is 0 Å². The van der Waals surface area contributed by atoms with Crippen LogP contribution in [0.1, 0.15) is 6.92 Å². The van der Waals surface area contributed by atoms with Crippen LogP contribution in [0, 0.1) is 0 Å². The quantitative estimate of drug-likeness (QED) is 0.253. The smallest absolute Gasteiger partial charge is 0.155 e. The van der Waals surface area contributed by atoms with E-state index in [1.54, 1.807) is 0 Å². The molecule has 0 amide bonds. The molecule has 0 aliphatic heterocycles. The molecule has 5 nitrogen and oxygen atoms in total. The molecule has 0 saturated heterocycles. The van der Waals surface area contributed by atoms with Crippen LogP contribution in [0.2, 0.25) is 0 Å². The lowest BCUT2D eigenvalue weighted by Gasteiger charge is -2.32. The van der Waals surface area contributed by atoms with Crippen LogP contribution in [0.15, 0.2) is 4.99 Å². The van der Waals surface area contributed by atoms with Gasteiger partial charge < -0.3 is 5.73 Å². The van der Waals surface area contributed by atoms with Crippen LogP contribution < -0.4 is 22.9 Å². The molecule has 0 fully saturated rings. The third-order valence-corrected chi connectivity index (χ3v) is 1.21. The monoisotopic (exact) mass is 131 g/mol. The summed E-state index contributed by atoms with van der Waals surface area (Å²) < 4.78 is 0. The number of hydrogen-bond donors (Lipinski definition) is 4. The van der Waals surface area contributed by atoms with E-state index in [-0.39, 0.29) is 0 Å². The zero-order valence-corrected chi connectivity index (χ0v) is 5.46. The minimum atomic E-state index is -1.51. The average Bonchev–Trinajstić information content (AvgIpc) is 1.64. The third-order valence-electron chi connectivity index (χ3n) is 1.21. The lowest BCUT2D eigenvalue weighted by atomic mass is 10.1. The lowest BCUT2D eigenvalue weighted by molar-refractivity contribution is 0.265. The minimum absolute atomic E-state index is 1.17. The van der Waals surface area contributed by atoms with Gasteiger partial charge in [-0.25, -0.2) is 0 Å². The molecule has 0 aromatic carbocycles. The number of hydrogen-bond acceptors (Lipinski definition) is 5. The fourth-order valence-corrected chi connectivity index (χ4v) is 0.137. The first-order chi connectivity index (χ1) is 3.81. The number of aliphatic imine (C=N–C) groups is 1. The fourth-order valence-electron chi connectivity index (χ4n) is 0.137. The number of nitrogens with zero attached hydrogens (tertiary/aromatic N) is 1. The van der Waals surface area contributed by atoms with Gasteiger partial charge >= 0.3 is 0 Å². The zero-order valence-electron chi connectivity index (χ0n) is 5.46. The van der Waals surface area contributed by atoms with Crippen molar-refractivity contribution in [2.24, 2.45) is 27.9 Å². The van der Waals surface area contributed by atoms with E-state index in [9.17, 15) is 0 Å². The number of nitrogens with two attached hydrogens (primary N) is 4. The van der Waals surface area contributed by atoms with E-state index in [1.807, 2.05) is 0 Å². The molecule has 1 atom stereocenters. The molecule has 0 rings (SSSR count). The normalized spacial score (nSPS) is 18.8. The van der Waals surface area contributed by atoms with Gasteiger partial charge in [-0.15, -0.1) is 0 Å². The highest BCUT2D eigenvalue weighted by Crippen LogP contribution is 2.05. The van der Waals surface area contributed by atoms with Gasteiger partial charge in [-0.2, -0.15) is 0 Å². The molecule has 0 heterocycles. The third kappa shape index (κ3) is 1.72. The van der Waals surface area contributed by atoms with E-state index in [0.29, 0.717) is 0 Å². The summed E-state index contributed by atoms with van der Waals surface area (Å²) in [4.78, 5) is 3.44.